The van der Waals surface area contributed by atoms with Crippen molar-refractivity contribution in [1.29, 1.82) is 0 Å². The van der Waals surface area contributed by atoms with Gasteiger partial charge >= 0.3 is 0 Å². The highest BCUT2D eigenvalue weighted by molar-refractivity contribution is 4.83. The Bertz CT molecular complexity index is 440. The SMILES string of the molecule is c1cn(N(n2ccnn2)n2ccnn2)nn1. The van der Waals surface area contributed by atoms with Gasteiger partial charge in [0, 0.05) is 0 Å². The summed E-state index contributed by atoms with van der Waals surface area (Å²) in [7, 11) is 0. The number of aromatic nitrogens is 9. The van der Waals surface area contributed by atoms with Gasteiger partial charge in [-0.15, -0.1) is 29.7 Å². The second-order valence-electron chi connectivity index (χ2n) is 2.74. The van der Waals surface area contributed by atoms with Crippen molar-refractivity contribution < 1.29 is 0 Å². The van der Waals surface area contributed by atoms with E-state index in [1.165, 1.54) is 19.6 Å². The number of nitrogens with zero attached hydrogens (tertiary/aromatic N) is 10. The van der Waals surface area contributed by atoms with Gasteiger partial charge in [0.15, 0.2) is 0 Å². The standard InChI is InChI=1S/C6H6N10/c1-4-13(10-7-1)16(14-5-2-8-11-14)15-6-3-9-12-15/h1-6H. The molecule has 0 aliphatic carbocycles. The molecule has 0 atom stereocenters. The van der Waals surface area contributed by atoms with Crippen LogP contribution in [0.15, 0.2) is 37.2 Å². The van der Waals surface area contributed by atoms with Gasteiger partial charge in [0.1, 0.15) is 0 Å². The third-order valence-corrected chi connectivity index (χ3v) is 1.78. The molecule has 0 aliphatic rings. The highest BCUT2D eigenvalue weighted by atomic mass is 16.1. The first-order valence-corrected chi connectivity index (χ1v) is 4.35. The van der Waals surface area contributed by atoms with Gasteiger partial charge in [0.2, 0.25) is 0 Å². The van der Waals surface area contributed by atoms with Gasteiger partial charge in [-0.1, -0.05) is 5.23 Å². The van der Waals surface area contributed by atoms with E-state index in [-0.39, 0.29) is 0 Å². The van der Waals surface area contributed by atoms with E-state index in [1.807, 2.05) is 0 Å². The lowest BCUT2D eigenvalue weighted by Crippen LogP contribution is -2.45. The highest BCUT2D eigenvalue weighted by Crippen LogP contribution is 1.93. The first-order valence-electron chi connectivity index (χ1n) is 4.35. The predicted octanol–water partition coefficient (Wildman–Crippen LogP) is -1.67. The molecule has 0 saturated heterocycles. The summed E-state index contributed by atoms with van der Waals surface area (Å²) in [6, 6.07) is 0. The van der Waals surface area contributed by atoms with Gasteiger partial charge in [-0.05, 0) is 15.6 Å². The molecule has 0 unspecified atom stereocenters. The van der Waals surface area contributed by atoms with Gasteiger partial charge in [0.25, 0.3) is 0 Å². The third kappa shape index (κ3) is 1.28. The molecule has 3 aromatic rings. The van der Waals surface area contributed by atoms with Gasteiger partial charge in [-0.2, -0.15) is 0 Å². The fraction of sp³-hybridized carbons (Fsp3) is 0. The Hall–Kier alpha value is -2.78. The van der Waals surface area contributed by atoms with Gasteiger partial charge in [-0.3, -0.25) is 0 Å². The molecule has 16 heavy (non-hydrogen) atoms. The van der Waals surface area contributed by atoms with Crippen LogP contribution in [0.25, 0.3) is 0 Å². The molecule has 0 bridgehead atoms. The Morgan fingerprint density at radius 3 is 1.25 bits per heavy atom. The predicted molar refractivity (Wildman–Crippen MR) is 49.1 cm³/mol. The van der Waals surface area contributed by atoms with Crippen LogP contribution in [0, 0.1) is 0 Å². The highest BCUT2D eigenvalue weighted by Gasteiger charge is 2.12. The molecule has 0 N–H and O–H groups in total. The van der Waals surface area contributed by atoms with E-state index >= 15 is 0 Å². The maximum absolute atomic E-state index is 3.84. The molecular formula is C6H6N10. The summed E-state index contributed by atoms with van der Waals surface area (Å²) in [4.78, 5) is 4.30. The van der Waals surface area contributed by atoms with Gasteiger partial charge < -0.3 is 0 Å². The quantitative estimate of drug-likeness (QED) is 0.518. The second kappa shape index (κ2) is 3.42. The second-order valence-corrected chi connectivity index (χ2v) is 2.74. The van der Waals surface area contributed by atoms with Crippen molar-refractivity contribution in [3.63, 3.8) is 0 Å². The molecule has 3 heterocycles. The van der Waals surface area contributed by atoms with E-state index in [0.29, 0.717) is 0 Å². The van der Waals surface area contributed by atoms with E-state index < -0.39 is 0 Å². The van der Waals surface area contributed by atoms with E-state index in [4.69, 9.17) is 0 Å². The average Bonchev–Trinajstić information content (AvgIpc) is 3.02. The Kier molecular flexibility index (Phi) is 1.82. The first-order chi connectivity index (χ1) is 7.95. The largest absolute Gasteiger partial charge is 0.137 e. The van der Waals surface area contributed by atoms with Crippen LogP contribution in [-0.4, -0.2) is 45.3 Å². The van der Waals surface area contributed by atoms with Crippen molar-refractivity contribution in [2.75, 3.05) is 5.23 Å². The topological polar surface area (TPSA) is 95.4 Å². The molecule has 10 nitrogen and oxygen atoms in total. The zero-order valence-corrected chi connectivity index (χ0v) is 7.94. The Balaban J connectivity index is 2.09. The summed E-state index contributed by atoms with van der Waals surface area (Å²) in [5.41, 5.74) is 0. The molecule has 0 spiro atoms. The Labute approximate surface area is 88.6 Å². The normalized spacial score (nSPS) is 10.5. The van der Waals surface area contributed by atoms with E-state index in [9.17, 15) is 0 Å². The van der Waals surface area contributed by atoms with Crippen molar-refractivity contribution in [2.45, 2.75) is 0 Å². The maximum atomic E-state index is 3.84. The summed E-state index contributed by atoms with van der Waals surface area (Å²) in [5.74, 6) is 0. The van der Waals surface area contributed by atoms with Crippen molar-refractivity contribution >= 4 is 0 Å². The molecule has 0 fully saturated rings. The summed E-state index contributed by atoms with van der Waals surface area (Å²) in [6.45, 7) is 0. The zero-order chi connectivity index (χ0) is 10.8. The summed E-state index contributed by atoms with van der Waals surface area (Å²) in [5, 5.41) is 24.1. The van der Waals surface area contributed by atoms with E-state index in [2.05, 4.69) is 30.9 Å². The molecule has 10 heteroatoms. The number of hydrogen-bond donors (Lipinski definition) is 0. The van der Waals surface area contributed by atoms with E-state index in [1.54, 1.807) is 37.2 Å². The van der Waals surface area contributed by atoms with Crippen LogP contribution in [0.2, 0.25) is 0 Å². The summed E-state index contributed by atoms with van der Waals surface area (Å²) < 4.78 is 0. The molecule has 0 amide bonds. The average molecular weight is 218 g/mol. The molecular weight excluding hydrogens is 212 g/mol. The van der Waals surface area contributed by atoms with Crippen LogP contribution < -0.4 is 5.23 Å². The fourth-order valence-corrected chi connectivity index (χ4v) is 1.17. The maximum Gasteiger partial charge on any atom is 0.0732 e. The Morgan fingerprint density at radius 2 is 1.00 bits per heavy atom. The molecule has 80 valence electrons. The smallest absolute Gasteiger partial charge is 0.0732 e. The Morgan fingerprint density at radius 1 is 0.625 bits per heavy atom. The summed E-state index contributed by atoms with van der Waals surface area (Å²) >= 11 is 0. The van der Waals surface area contributed by atoms with Crippen molar-refractivity contribution in [1.82, 2.24) is 45.3 Å². The monoisotopic (exact) mass is 218 g/mol. The van der Waals surface area contributed by atoms with Gasteiger partial charge in [-0.25, -0.2) is 0 Å². The van der Waals surface area contributed by atoms with Crippen LogP contribution >= 0.6 is 0 Å². The number of rotatable bonds is 3. The minimum absolute atomic E-state index is 1.43. The molecule has 3 rings (SSSR count). The molecule has 0 radical (unpaired) electrons. The number of hydrogen-bond acceptors (Lipinski definition) is 7. The van der Waals surface area contributed by atoms with Crippen molar-refractivity contribution in [3.8, 4) is 0 Å². The lowest BCUT2D eigenvalue weighted by Gasteiger charge is -2.19. The molecule has 3 aromatic heterocycles. The van der Waals surface area contributed by atoms with Crippen LogP contribution in [0.1, 0.15) is 0 Å². The third-order valence-electron chi connectivity index (χ3n) is 1.78. The van der Waals surface area contributed by atoms with E-state index in [0.717, 1.165) is 0 Å². The van der Waals surface area contributed by atoms with Crippen LogP contribution in [0.4, 0.5) is 0 Å². The van der Waals surface area contributed by atoms with Crippen LogP contribution in [0.3, 0.4) is 0 Å². The van der Waals surface area contributed by atoms with Crippen LogP contribution in [0.5, 0.6) is 0 Å². The molecule has 0 aliphatic heterocycles. The summed E-state index contributed by atoms with van der Waals surface area (Å²) in [6.07, 6.45) is 9.55. The van der Waals surface area contributed by atoms with Crippen LogP contribution in [-0.2, 0) is 0 Å². The minimum atomic E-state index is 1.43. The molecule has 0 aromatic carbocycles. The first kappa shape index (κ1) is 8.52. The lowest BCUT2D eigenvalue weighted by molar-refractivity contribution is 0.334. The minimum Gasteiger partial charge on any atom is -0.137 e. The van der Waals surface area contributed by atoms with Crippen molar-refractivity contribution in [3.05, 3.63) is 37.2 Å². The zero-order valence-electron chi connectivity index (χ0n) is 7.94. The molecule has 0 saturated carbocycles. The lowest BCUT2D eigenvalue weighted by atomic mass is 10.9. The fourth-order valence-electron chi connectivity index (χ4n) is 1.17. The van der Waals surface area contributed by atoms with Crippen molar-refractivity contribution in [2.24, 2.45) is 0 Å². The van der Waals surface area contributed by atoms with Gasteiger partial charge in [0.05, 0.1) is 37.2 Å².